The summed E-state index contributed by atoms with van der Waals surface area (Å²) >= 11 is 1.75. The number of amides is 1. The van der Waals surface area contributed by atoms with Crippen LogP contribution in [0.1, 0.15) is 17.7 Å². The van der Waals surface area contributed by atoms with E-state index in [-0.39, 0.29) is 5.91 Å². The summed E-state index contributed by atoms with van der Waals surface area (Å²) in [7, 11) is 0. The monoisotopic (exact) mass is 295 g/mol. The van der Waals surface area contributed by atoms with Crippen molar-refractivity contribution in [2.24, 2.45) is 0 Å². The van der Waals surface area contributed by atoms with Gasteiger partial charge in [0.2, 0.25) is 5.91 Å². The lowest BCUT2D eigenvalue weighted by molar-refractivity contribution is -0.116. The molecular formula is C18H17NOS. The van der Waals surface area contributed by atoms with Crippen LogP contribution in [0, 0.1) is 0 Å². The van der Waals surface area contributed by atoms with Crippen LogP contribution >= 0.6 is 11.3 Å². The molecule has 1 N–H and O–H groups in total. The maximum Gasteiger partial charge on any atom is 0.224 e. The first-order valence-electron chi connectivity index (χ1n) is 7.13. The summed E-state index contributed by atoms with van der Waals surface area (Å²) in [5.41, 5.74) is 0.897. The first-order valence-corrected chi connectivity index (χ1v) is 8.01. The van der Waals surface area contributed by atoms with Crippen molar-refractivity contribution in [2.75, 3.05) is 5.32 Å². The van der Waals surface area contributed by atoms with E-state index in [9.17, 15) is 4.79 Å². The van der Waals surface area contributed by atoms with Crippen molar-refractivity contribution in [3.8, 4) is 0 Å². The van der Waals surface area contributed by atoms with Crippen molar-refractivity contribution in [3.05, 3.63) is 64.9 Å². The fourth-order valence-corrected chi connectivity index (χ4v) is 3.18. The fraction of sp³-hybridized carbons (Fsp3) is 0.167. The van der Waals surface area contributed by atoms with Crippen LogP contribution in [-0.4, -0.2) is 5.91 Å². The Kier molecular flexibility index (Phi) is 4.31. The average Bonchev–Trinajstić information content (AvgIpc) is 3.01. The normalized spacial score (nSPS) is 10.7. The van der Waals surface area contributed by atoms with Crippen LogP contribution in [-0.2, 0) is 11.2 Å². The number of carbonyl (C=O) groups is 1. The van der Waals surface area contributed by atoms with Gasteiger partial charge in [0.05, 0.1) is 0 Å². The molecule has 0 radical (unpaired) electrons. The van der Waals surface area contributed by atoms with Gasteiger partial charge in [0.15, 0.2) is 0 Å². The van der Waals surface area contributed by atoms with Gasteiger partial charge < -0.3 is 5.32 Å². The van der Waals surface area contributed by atoms with Crippen molar-refractivity contribution in [1.82, 2.24) is 0 Å². The van der Waals surface area contributed by atoms with Crippen molar-refractivity contribution in [1.29, 1.82) is 0 Å². The van der Waals surface area contributed by atoms with E-state index in [0.717, 1.165) is 29.3 Å². The number of hydrogen-bond donors (Lipinski definition) is 1. The largest absolute Gasteiger partial charge is 0.326 e. The molecule has 2 nitrogen and oxygen atoms in total. The molecule has 0 aliphatic heterocycles. The highest BCUT2D eigenvalue weighted by atomic mass is 32.1. The molecule has 0 bridgehead atoms. The second-order valence-electron chi connectivity index (χ2n) is 5.01. The molecule has 21 heavy (non-hydrogen) atoms. The highest BCUT2D eigenvalue weighted by Gasteiger charge is 2.05. The van der Waals surface area contributed by atoms with Crippen LogP contribution in [0.15, 0.2) is 60.0 Å². The van der Waals surface area contributed by atoms with E-state index in [4.69, 9.17) is 0 Å². The van der Waals surface area contributed by atoms with Gasteiger partial charge in [-0.05, 0) is 35.7 Å². The molecule has 0 aliphatic rings. The zero-order valence-corrected chi connectivity index (χ0v) is 12.5. The lowest BCUT2D eigenvalue weighted by Crippen LogP contribution is -2.11. The third kappa shape index (κ3) is 3.50. The van der Waals surface area contributed by atoms with Gasteiger partial charge >= 0.3 is 0 Å². The lowest BCUT2D eigenvalue weighted by atomic mass is 10.1. The van der Waals surface area contributed by atoms with Gasteiger partial charge in [0.1, 0.15) is 0 Å². The number of rotatable bonds is 5. The number of carbonyl (C=O) groups excluding carboxylic acids is 1. The van der Waals surface area contributed by atoms with Gasteiger partial charge in [-0.15, -0.1) is 11.3 Å². The van der Waals surface area contributed by atoms with E-state index < -0.39 is 0 Å². The predicted molar refractivity (Wildman–Crippen MR) is 89.8 cm³/mol. The van der Waals surface area contributed by atoms with Gasteiger partial charge in [-0.2, -0.15) is 0 Å². The summed E-state index contributed by atoms with van der Waals surface area (Å²) in [5.74, 6) is 0.0860. The van der Waals surface area contributed by atoms with Crippen LogP contribution in [0.5, 0.6) is 0 Å². The number of benzene rings is 2. The summed E-state index contributed by atoms with van der Waals surface area (Å²) in [5, 5.41) is 7.34. The molecular weight excluding hydrogens is 278 g/mol. The predicted octanol–water partition coefficient (Wildman–Crippen LogP) is 4.86. The van der Waals surface area contributed by atoms with Crippen LogP contribution in [0.3, 0.4) is 0 Å². The lowest BCUT2D eigenvalue weighted by Gasteiger charge is -2.08. The van der Waals surface area contributed by atoms with Crippen molar-refractivity contribution in [2.45, 2.75) is 19.3 Å². The molecule has 1 aromatic heterocycles. The van der Waals surface area contributed by atoms with E-state index in [1.165, 1.54) is 4.88 Å². The molecule has 3 heteroatoms. The average molecular weight is 295 g/mol. The molecule has 0 saturated heterocycles. The Morgan fingerprint density at radius 1 is 1.00 bits per heavy atom. The second-order valence-corrected chi connectivity index (χ2v) is 6.04. The minimum Gasteiger partial charge on any atom is -0.326 e. The molecule has 0 atom stereocenters. The Hall–Kier alpha value is -2.13. The molecule has 1 heterocycles. The molecule has 1 amide bonds. The summed E-state index contributed by atoms with van der Waals surface area (Å²) in [6.07, 6.45) is 2.42. The van der Waals surface area contributed by atoms with E-state index in [1.54, 1.807) is 11.3 Å². The minimum atomic E-state index is 0.0860. The molecule has 3 rings (SSSR count). The molecule has 0 unspecified atom stereocenters. The van der Waals surface area contributed by atoms with Crippen molar-refractivity contribution in [3.63, 3.8) is 0 Å². The van der Waals surface area contributed by atoms with Crippen LogP contribution in [0.25, 0.3) is 10.8 Å². The Morgan fingerprint density at radius 3 is 2.71 bits per heavy atom. The summed E-state index contributed by atoms with van der Waals surface area (Å²) < 4.78 is 0. The maximum absolute atomic E-state index is 12.1. The van der Waals surface area contributed by atoms with Crippen LogP contribution in [0.2, 0.25) is 0 Å². The van der Waals surface area contributed by atoms with Gasteiger partial charge in [0.25, 0.3) is 0 Å². The number of aryl methyl sites for hydroxylation is 1. The molecule has 3 aromatic rings. The Bertz CT molecular complexity index is 729. The Balaban J connectivity index is 1.61. The highest BCUT2D eigenvalue weighted by molar-refractivity contribution is 7.09. The van der Waals surface area contributed by atoms with Gasteiger partial charge in [0, 0.05) is 22.4 Å². The molecule has 0 spiro atoms. The number of hydrogen-bond acceptors (Lipinski definition) is 2. The minimum absolute atomic E-state index is 0.0860. The first kappa shape index (κ1) is 13.8. The molecule has 0 fully saturated rings. The van der Waals surface area contributed by atoms with Crippen molar-refractivity contribution >= 4 is 33.7 Å². The Labute approximate surface area is 128 Å². The topological polar surface area (TPSA) is 29.1 Å². The smallest absolute Gasteiger partial charge is 0.224 e. The van der Waals surface area contributed by atoms with Gasteiger partial charge in [-0.3, -0.25) is 4.79 Å². The van der Waals surface area contributed by atoms with E-state index in [1.807, 2.05) is 30.3 Å². The van der Waals surface area contributed by atoms with Crippen LogP contribution < -0.4 is 5.32 Å². The van der Waals surface area contributed by atoms with Gasteiger partial charge in [-0.25, -0.2) is 0 Å². The number of thiophene rings is 1. The third-order valence-corrected chi connectivity index (χ3v) is 4.41. The zero-order valence-electron chi connectivity index (χ0n) is 11.7. The van der Waals surface area contributed by atoms with E-state index in [2.05, 4.69) is 35.0 Å². The van der Waals surface area contributed by atoms with E-state index in [0.29, 0.717) is 6.42 Å². The van der Waals surface area contributed by atoms with E-state index >= 15 is 0 Å². The quantitative estimate of drug-likeness (QED) is 0.715. The molecule has 2 aromatic carbocycles. The summed E-state index contributed by atoms with van der Waals surface area (Å²) in [6, 6.07) is 18.3. The second kappa shape index (κ2) is 6.55. The highest BCUT2D eigenvalue weighted by Crippen LogP contribution is 2.23. The first-order chi connectivity index (χ1) is 10.3. The van der Waals surface area contributed by atoms with Crippen LogP contribution in [0.4, 0.5) is 5.69 Å². The SMILES string of the molecule is O=C(CCCc1cccs1)Nc1cccc2ccccc12. The zero-order chi connectivity index (χ0) is 14.5. The fourth-order valence-electron chi connectivity index (χ4n) is 2.43. The number of fused-ring (bicyclic) bond motifs is 1. The molecule has 0 aliphatic carbocycles. The Morgan fingerprint density at radius 2 is 1.86 bits per heavy atom. The standard InChI is InChI=1S/C18H17NOS/c20-18(12-4-8-15-9-5-13-21-15)19-17-11-3-7-14-6-1-2-10-16(14)17/h1-3,5-7,9-11,13H,4,8,12H2,(H,19,20). The van der Waals surface area contributed by atoms with Gasteiger partial charge in [-0.1, -0.05) is 42.5 Å². The third-order valence-electron chi connectivity index (χ3n) is 3.47. The number of nitrogens with one attached hydrogen (secondary N) is 1. The number of anilines is 1. The molecule has 0 saturated carbocycles. The molecule has 106 valence electrons. The van der Waals surface area contributed by atoms with Crippen molar-refractivity contribution < 1.29 is 4.79 Å². The maximum atomic E-state index is 12.1. The summed E-state index contributed by atoms with van der Waals surface area (Å²) in [4.78, 5) is 13.4. The summed E-state index contributed by atoms with van der Waals surface area (Å²) in [6.45, 7) is 0.